The van der Waals surface area contributed by atoms with Crippen molar-refractivity contribution in [3.05, 3.63) is 47.1 Å². The lowest BCUT2D eigenvalue weighted by atomic mass is 10.2. The molecule has 1 atom stereocenters. The first-order chi connectivity index (χ1) is 12.1. The zero-order valence-corrected chi connectivity index (χ0v) is 16.1. The molecule has 0 bridgehead atoms. The van der Waals surface area contributed by atoms with Crippen LogP contribution in [0.25, 0.3) is 11.5 Å². The number of aryl methyl sites for hydroxylation is 2. The molecule has 7 nitrogen and oxygen atoms in total. The van der Waals surface area contributed by atoms with E-state index in [9.17, 15) is 0 Å². The third-order valence-electron chi connectivity index (χ3n) is 4.12. The number of halogens is 1. The van der Waals surface area contributed by atoms with E-state index in [0.717, 1.165) is 22.6 Å². The predicted molar refractivity (Wildman–Crippen MR) is 99.5 cm³/mol. The molecule has 1 N–H and O–H groups in total. The lowest BCUT2D eigenvalue weighted by Gasteiger charge is -2.08. The van der Waals surface area contributed by atoms with Gasteiger partial charge in [0.05, 0.1) is 16.8 Å². The van der Waals surface area contributed by atoms with E-state index in [1.165, 1.54) is 0 Å². The fraction of sp³-hybridized carbons (Fsp3) is 0.389. The van der Waals surface area contributed by atoms with Crippen LogP contribution in [0.3, 0.4) is 0 Å². The number of hydrogen-bond donors (Lipinski definition) is 1. The van der Waals surface area contributed by atoms with Gasteiger partial charge in [-0.2, -0.15) is 4.98 Å². The van der Waals surface area contributed by atoms with E-state index < -0.39 is 0 Å². The molecule has 0 spiro atoms. The van der Waals surface area contributed by atoms with Crippen LogP contribution >= 0.6 is 12.4 Å². The van der Waals surface area contributed by atoms with Crippen molar-refractivity contribution in [1.82, 2.24) is 20.6 Å². The Labute approximate surface area is 158 Å². The molecule has 8 heteroatoms. The number of nitrogens with zero attached hydrogens (tertiary/aromatic N) is 3. The highest BCUT2D eigenvalue weighted by Gasteiger charge is 2.16. The molecule has 0 fully saturated rings. The third-order valence-corrected chi connectivity index (χ3v) is 4.12. The SMILES string of the molecule is CNC(C)Cc1noc(-c2ccccc2OCc2c(C)noc2C)n1.Cl. The fourth-order valence-corrected chi connectivity index (χ4v) is 2.45. The van der Waals surface area contributed by atoms with Gasteiger partial charge in [0, 0.05) is 12.5 Å². The van der Waals surface area contributed by atoms with E-state index in [1.54, 1.807) is 0 Å². The summed E-state index contributed by atoms with van der Waals surface area (Å²) in [7, 11) is 1.91. The highest BCUT2D eigenvalue weighted by atomic mass is 35.5. The van der Waals surface area contributed by atoms with Crippen molar-refractivity contribution in [2.75, 3.05) is 7.05 Å². The second kappa shape index (κ2) is 8.82. The largest absolute Gasteiger partial charge is 0.488 e. The minimum Gasteiger partial charge on any atom is -0.488 e. The van der Waals surface area contributed by atoms with Gasteiger partial charge in [-0.1, -0.05) is 22.4 Å². The summed E-state index contributed by atoms with van der Waals surface area (Å²) >= 11 is 0. The van der Waals surface area contributed by atoms with Gasteiger partial charge in [-0.3, -0.25) is 0 Å². The number of para-hydroxylation sites is 1. The van der Waals surface area contributed by atoms with Gasteiger partial charge in [-0.25, -0.2) is 0 Å². The van der Waals surface area contributed by atoms with Crippen LogP contribution in [-0.2, 0) is 13.0 Å². The molecule has 0 aliphatic carbocycles. The number of aromatic nitrogens is 3. The van der Waals surface area contributed by atoms with Crippen LogP contribution in [0.4, 0.5) is 0 Å². The first-order valence-corrected chi connectivity index (χ1v) is 8.22. The molecule has 2 heterocycles. The van der Waals surface area contributed by atoms with Crippen LogP contribution in [0.5, 0.6) is 5.75 Å². The Hall–Kier alpha value is -2.38. The summed E-state index contributed by atoms with van der Waals surface area (Å²) in [5.74, 6) is 2.56. The summed E-state index contributed by atoms with van der Waals surface area (Å²) < 4.78 is 16.6. The number of benzene rings is 1. The first kappa shape index (κ1) is 19.9. The number of ether oxygens (including phenoxy) is 1. The maximum absolute atomic E-state index is 5.97. The van der Waals surface area contributed by atoms with Crippen molar-refractivity contribution < 1.29 is 13.8 Å². The zero-order valence-electron chi connectivity index (χ0n) is 15.3. The van der Waals surface area contributed by atoms with Crippen LogP contribution in [0.1, 0.15) is 29.8 Å². The molecule has 2 aromatic heterocycles. The van der Waals surface area contributed by atoms with Gasteiger partial charge in [0.2, 0.25) is 0 Å². The van der Waals surface area contributed by atoms with Crippen LogP contribution in [-0.4, -0.2) is 28.4 Å². The molecule has 0 saturated heterocycles. The molecular formula is C18H23ClN4O3. The number of rotatable bonds is 7. The van der Waals surface area contributed by atoms with Gasteiger partial charge in [-0.05, 0) is 40.0 Å². The van der Waals surface area contributed by atoms with E-state index in [4.69, 9.17) is 13.8 Å². The van der Waals surface area contributed by atoms with Crippen molar-refractivity contribution in [2.24, 2.45) is 0 Å². The van der Waals surface area contributed by atoms with Gasteiger partial charge in [0.1, 0.15) is 18.1 Å². The molecule has 0 aliphatic rings. The molecule has 0 amide bonds. The Morgan fingerprint density at radius 3 is 2.62 bits per heavy atom. The molecule has 1 unspecified atom stereocenters. The van der Waals surface area contributed by atoms with Crippen LogP contribution in [0.2, 0.25) is 0 Å². The Morgan fingerprint density at radius 2 is 1.92 bits per heavy atom. The van der Waals surface area contributed by atoms with E-state index in [0.29, 0.717) is 30.5 Å². The molecule has 0 saturated carbocycles. The highest BCUT2D eigenvalue weighted by molar-refractivity contribution is 5.85. The van der Waals surface area contributed by atoms with Crippen molar-refractivity contribution in [3.63, 3.8) is 0 Å². The molecule has 26 heavy (non-hydrogen) atoms. The zero-order chi connectivity index (χ0) is 17.8. The maximum atomic E-state index is 5.97. The number of likely N-dealkylation sites (N-methyl/N-ethyl adjacent to an activating group) is 1. The average molecular weight is 379 g/mol. The number of hydrogen-bond acceptors (Lipinski definition) is 7. The lowest BCUT2D eigenvalue weighted by Crippen LogP contribution is -2.24. The smallest absolute Gasteiger partial charge is 0.261 e. The summed E-state index contributed by atoms with van der Waals surface area (Å²) in [5.41, 5.74) is 2.55. The summed E-state index contributed by atoms with van der Waals surface area (Å²) in [5, 5.41) is 11.2. The fourth-order valence-electron chi connectivity index (χ4n) is 2.45. The minimum absolute atomic E-state index is 0. The quantitative estimate of drug-likeness (QED) is 0.673. The van der Waals surface area contributed by atoms with Gasteiger partial charge >= 0.3 is 0 Å². The van der Waals surface area contributed by atoms with Crippen molar-refractivity contribution in [1.29, 1.82) is 0 Å². The van der Waals surface area contributed by atoms with Crippen LogP contribution in [0, 0.1) is 13.8 Å². The second-order valence-corrected chi connectivity index (χ2v) is 6.00. The molecule has 1 aromatic carbocycles. The van der Waals surface area contributed by atoms with Gasteiger partial charge in [-0.15, -0.1) is 12.4 Å². The standard InChI is InChI=1S/C18H22N4O3.ClH/c1-11(19-4)9-17-20-18(25-22-17)14-7-5-6-8-16(14)23-10-15-12(2)21-24-13(15)3;/h5-8,11,19H,9-10H2,1-4H3;1H. The molecule has 140 valence electrons. The van der Waals surface area contributed by atoms with Gasteiger partial charge in [0.15, 0.2) is 5.82 Å². The minimum atomic E-state index is 0. The molecule has 0 aliphatic heterocycles. The molecule has 3 rings (SSSR count). The van der Waals surface area contributed by atoms with E-state index >= 15 is 0 Å². The lowest BCUT2D eigenvalue weighted by molar-refractivity contribution is 0.301. The second-order valence-electron chi connectivity index (χ2n) is 6.00. The number of nitrogens with one attached hydrogen (secondary N) is 1. The summed E-state index contributed by atoms with van der Waals surface area (Å²) in [4.78, 5) is 4.48. The Balaban J connectivity index is 0.00000243. The monoisotopic (exact) mass is 378 g/mol. The summed E-state index contributed by atoms with van der Waals surface area (Å²) in [6.45, 7) is 6.21. The van der Waals surface area contributed by atoms with Crippen molar-refractivity contribution in [3.8, 4) is 17.2 Å². The van der Waals surface area contributed by atoms with Crippen LogP contribution in [0.15, 0.2) is 33.3 Å². The topological polar surface area (TPSA) is 86.2 Å². The molecule has 3 aromatic rings. The summed E-state index contributed by atoms with van der Waals surface area (Å²) in [6.07, 6.45) is 0.697. The van der Waals surface area contributed by atoms with Crippen LogP contribution < -0.4 is 10.1 Å². The Kier molecular flexibility index (Phi) is 6.76. The van der Waals surface area contributed by atoms with Crippen molar-refractivity contribution in [2.45, 2.75) is 39.8 Å². The van der Waals surface area contributed by atoms with Crippen molar-refractivity contribution >= 4 is 12.4 Å². The van der Waals surface area contributed by atoms with E-state index in [-0.39, 0.29) is 18.4 Å². The maximum Gasteiger partial charge on any atom is 0.261 e. The van der Waals surface area contributed by atoms with Gasteiger partial charge < -0.3 is 19.1 Å². The van der Waals surface area contributed by atoms with E-state index in [2.05, 4.69) is 27.5 Å². The third kappa shape index (κ3) is 4.42. The van der Waals surface area contributed by atoms with Gasteiger partial charge in [0.25, 0.3) is 5.89 Å². The predicted octanol–water partition coefficient (Wildman–Crippen LogP) is 3.49. The summed E-state index contributed by atoms with van der Waals surface area (Å²) in [6, 6.07) is 7.89. The Morgan fingerprint density at radius 1 is 1.15 bits per heavy atom. The molecule has 0 radical (unpaired) electrons. The highest BCUT2D eigenvalue weighted by Crippen LogP contribution is 2.29. The molecular weight excluding hydrogens is 356 g/mol. The normalized spacial score (nSPS) is 11.8. The Bertz CT molecular complexity index is 827. The average Bonchev–Trinajstić information content (AvgIpc) is 3.20. The van der Waals surface area contributed by atoms with E-state index in [1.807, 2.05) is 45.2 Å². The first-order valence-electron chi connectivity index (χ1n) is 8.22.